The van der Waals surface area contributed by atoms with Crippen LogP contribution in [-0.2, 0) is 22.7 Å². The first-order chi connectivity index (χ1) is 14.3. The van der Waals surface area contributed by atoms with E-state index in [1.807, 2.05) is 0 Å². The van der Waals surface area contributed by atoms with Crippen LogP contribution in [-0.4, -0.2) is 34.6 Å². The second-order valence-corrected chi connectivity index (χ2v) is 7.59. The van der Waals surface area contributed by atoms with E-state index in [0.717, 1.165) is 0 Å². The normalized spacial score (nSPS) is 18.3. The van der Waals surface area contributed by atoms with Gasteiger partial charge in [0.15, 0.2) is 0 Å². The molecule has 0 aromatic heterocycles. The average Bonchev–Trinajstić information content (AvgIpc) is 3.05. The number of piperidine rings is 1. The third kappa shape index (κ3) is 3.66. The van der Waals surface area contributed by atoms with Gasteiger partial charge in [0.2, 0.25) is 11.8 Å². The lowest BCUT2D eigenvalue weighted by Gasteiger charge is -2.29. The Morgan fingerprint density at radius 2 is 1.90 bits per heavy atom. The van der Waals surface area contributed by atoms with Gasteiger partial charge >= 0.3 is 0 Å². The molecule has 2 heterocycles. The zero-order chi connectivity index (χ0) is 21.4. The topological polar surface area (TPSA) is 95.6 Å². The van der Waals surface area contributed by atoms with E-state index in [-0.39, 0.29) is 54.4 Å². The van der Waals surface area contributed by atoms with E-state index in [2.05, 4.69) is 10.6 Å². The van der Waals surface area contributed by atoms with Crippen molar-refractivity contribution < 1.29 is 23.6 Å². The molecular formula is C21H17ClFN3O4. The summed E-state index contributed by atoms with van der Waals surface area (Å²) < 4.78 is 15.1. The van der Waals surface area contributed by atoms with Gasteiger partial charge in [-0.15, -0.1) is 0 Å². The Labute approximate surface area is 176 Å². The molecule has 1 unspecified atom stereocenters. The standard InChI is InChI=1S/C21H17ClFN3O4/c22-13-4-1-11(2-5-13)19(28)24-9-12-3-6-14-15(18(12)23)10-26(21(14)30)16-7-8-17(27)25-20(16)29/h1-6,16H,7-10H2,(H,24,28)(H,25,27,29). The molecule has 0 saturated carbocycles. The molecule has 0 spiro atoms. The van der Waals surface area contributed by atoms with Crippen molar-refractivity contribution in [1.82, 2.24) is 15.5 Å². The summed E-state index contributed by atoms with van der Waals surface area (Å²) in [6, 6.07) is 8.43. The van der Waals surface area contributed by atoms with Crippen LogP contribution in [0.4, 0.5) is 4.39 Å². The average molecular weight is 430 g/mol. The van der Waals surface area contributed by atoms with E-state index in [1.54, 1.807) is 24.3 Å². The number of fused-ring (bicyclic) bond motifs is 1. The van der Waals surface area contributed by atoms with E-state index >= 15 is 4.39 Å². The van der Waals surface area contributed by atoms with Crippen LogP contribution in [0.1, 0.15) is 44.7 Å². The Morgan fingerprint density at radius 1 is 1.17 bits per heavy atom. The quantitative estimate of drug-likeness (QED) is 0.728. The van der Waals surface area contributed by atoms with Crippen molar-refractivity contribution in [2.45, 2.75) is 32.0 Å². The van der Waals surface area contributed by atoms with Crippen molar-refractivity contribution in [3.63, 3.8) is 0 Å². The van der Waals surface area contributed by atoms with Crippen molar-refractivity contribution in [3.05, 3.63) is 69.5 Å². The molecular weight excluding hydrogens is 413 g/mol. The van der Waals surface area contributed by atoms with Gasteiger partial charge in [-0.1, -0.05) is 17.7 Å². The number of imide groups is 1. The molecule has 2 aromatic rings. The summed E-state index contributed by atoms with van der Waals surface area (Å²) in [4.78, 5) is 49.6. The smallest absolute Gasteiger partial charge is 0.255 e. The highest BCUT2D eigenvalue weighted by Gasteiger charge is 2.40. The molecule has 0 bridgehead atoms. The van der Waals surface area contributed by atoms with Crippen molar-refractivity contribution in [3.8, 4) is 0 Å². The molecule has 4 amide bonds. The third-order valence-corrected chi connectivity index (χ3v) is 5.53. The molecule has 2 aromatic carbocycles. The van der Waals surface area contributed by atoms with E-state index < -0.39 is 23.7 Å². The van der Waals surface area contributed by atoms with Crippen molar-refractivity contribution >= 4 is 35.2 Å². The number of rotatable bonds is 4. The van der Waals surface area contributed by atoms with Gasteiger partial charge in [0, 0.05) is 40.2 Å². The van der Waals surface area contributed by atoms with Gasteiger partial charge in [0.05, 0.1) is 6.54 Å². The summed E-state index contributed by atoms with van der Waals surface area (Å²) in [5, 5.41) is 5.35. The maximum Gasteiger partial charge on any atom is 0.255 e. The molecule has 4 rings (SSSR count). The van der Waals surface area contributed by atoms with Gasteiger partial charge in [-0.2, -0.15) is 0 Å². The number of nitrogens with one attached hydrogen (secondary N) is 2. The minimum Gasteiger partial charge on any atom is -0.348 e. The number of nitrogens with zero attached hydrogens (tertiary/aromatic N) is 1. The minimum absolute atomic E-state index is 0.0623. The summed E-state index contributed by atoms with van der Waals surface area (Å²) in [5.41, 5.74) is 0.988. The maximum absolute atomic E-state index is 15.1. The van der Waals surface area contributed by atoms with Crippen molar-refractivity contribution in [2.24, 2.45) is 0 Å². The SMILES string of the molecule is O=C1CCC(N2Cc3c(ccc(CNC(=O)c4ccc(Cl)cc4)c3F)C2=O)C(=O)N1. The largest absolute Gasteiger partial charge is 0.348 e. The number of carbonyl (C=O) groups is 4. The van der Waals surface area contributed by atoms with Gasteiger partial charge in [0.1, 0.15) is 11.9 Å². The zero-order valence-corrected chi connectivity index (χ0v) is 16.5. The van der Waals surface area contributed by atoms with Gasteiger partial charge in [-0.3, -0.25) is 24.5 Å². The Hall–Kier alpha value is -3.26. The lowest BCUT2D eigenvalue weighted by molar-refractivity contribution is -0.136. The highest BCUT2D eigenvalue weighted by atomic mass is 35.5. The summed E-state index contributed by atoms with van der Waals surface area (Å²) in [6.45, 7) is -0.127. The lowest BCUT2D eigenvalue weighted by atomic mass is 10.0. The third-order valence-electron chi connectivity index (χ3n) is 5.28. The van der Waals surface area contributed by atoms with Gasteiger partial charge in [-0.25, -0.2) is 4.39 Å². The van der Waals surface area contributed by atoms with Crippen molar-refractivity contribution in [1.29, 1.82) is 0 Å². The summed E-state index contributed by atoms with van der Waals surface area (Å²) in [7, 11) is 0. The van der Waals surface area contributed by atoms with Crippen LogP contribution in [0.5, 0.6) is 0 Å². The predicted molar refractivity (Wildman–Crippen MR) is 105 cm³/mol. The number of amides is 4. The highest BCUT2D eigenvalue weighted by molar-refractivity contribution is 6.30. The number of carbonyl (C=O) groups excluding carboxylic acids is 4. The number of halogens is 2. The van der Waals surface area contributed by atoms with Crippen LogP contribution >= 0.6 is 11.6 Å². The predicted octanol–water partition coefficient (Wildman–Crippen LogP) is 2.17. The van der Waals surface area contributed by atoms with E-state index in [0.29, 0.717) is 10.6 Å². The highest BCUT2D eigenvalue weighted by Crippen LogP contribution is 2.30. The molecule has 154 valence electrons. The fraction of sp³-hybridized carbons (Fsp3) is 0.238. The molecule has 9 heteroatoms. The molecule has 1 fully saturated rings. The number of hydrogen-bond donors (Lipinski definition) is 2. The lowest BCUT2D eigenvalue weighted by Crippen LogP contribution is -2.52. The van der Waals surface area contributed by atoms with E-state index in [4.69, 9.17) is 11.6 Å². The van der Waals surface area contributed by atoms with Crippen molar-refractivity contribution in [2.75, 3.05) is 0 Å². The van der Waals surface area contributed by atoms with Crippen LogP contribution in [0.25, 0.3) is 0 Å². The molecule has 2 aliphatic rings. The molecule has 30 heavy (non-hydrogen) atoms. The van der Waals surface area contributed by atoms with Gasteiger partial charge in [-0.05, 0) is 36.8 Å². The Balaban J connectivity index is 1.49. The molecule has 0 radical (unpaired) electrons. The number of hydrogen-bond acceptors (Lipinski definition) is 4. The second kappa shape index (κ2) is 7.87. The summed E-state index contributed by atoms with van der Waals surface area (Å²) in [6.07, 6.45) is 0.330. The molecule has 1 atom stereocenters. The Bertz CT molecular complexity index is 1070. The first kappa shape index (κ1) is 20.0. The second-order valence-electron chi connectivity index (χ2n) is 7.15. The van der Waals surface area contributed by atoms with Crippen LogP contribution in [0.3, 0.4) is 0 Å². The first-order valence-corrected chi connectivity index (χ1v) is 9.71. The number of benzene rings is 2. The Kier molecular flexibility index (Phi) is 5.26. The van der Waals surface area contributed by atoms with Crippen LogP contribution < -0.4 is 10.6 Å². The van der Waals surface area contributed by atoms with Crippen LogP contribution in [0, 0.1) is 5.82 Å². The summed E-state index contributed by atoms with van der Waals surface area (Å²) >= 11 is 5.81. The molecule has 0 aliphatic carbocycles. The van der Waals surface area contributed by atoms with E-state index in [1.165, 1.54) is 17.0 Å². The molecule has 2 N–H and O–H groups in total. The molecule has 1 saturated heterocycles. The van der Waals surface area contributed by atoms with Gasteiger partial charge in [0.25, 0.3) is 11.8 Å². The van der Waals surface area contributed by atoms with Crippen LogP contribution in [0.15, 0.2) is 36.4 Å². The monoisotopic (exact) mass is 429 g/mol. The van der Waals surface area contributed by atoms with Crippen LogP contribution in [0.2, 0.25) is 5.02 Å². The Morgan fingerprint density at radius 3 is 2.60 bits per heavy atom. The summed E-state index contributed by atoms with van der Waals surface area (Å²) in [5.74, 6) is -2.36. The fourth-order valence-corrected chi connectivity index (χ4v) is 3.79. The minimum atomic E-state index is -0.810. The molecule has 7 nitrogen and oxygen atoms in total. The first-order valence-electron chi connectivity index (χ1n) is 9.34. The molecule has 2 aliphatic heterocycles. The maximum atomic E-state index is 15.1. The van der Waals surface area contributed by atoms with E-state index in [9.17, 15) is 19.2 Å². The zero-order valence-electron chi connectivity index (χ0n) is 15.7. The van der Waals surface area contributed by atoms with Gasteiger partial charge < -0.3 is 10.2 Å². The fourth-order valence-electron chi connectivity index (χ4n) is 3.67.